The van der Waals surface area contributed by atoms with E-state index in [1.165, 1.54) is 0 Å². The van der Waals surface area contributed by atoms with E-state index in [0.29, 0.717) is 19.6 Å². The van der Waals surface area contributed by atoms with E-state index in [4.69, 9.17) is 9.84 Å². The number of aliphatic carboxylic acids is 1. The fourth-order valence-corrected chi connectivity index (χ4v) is 2.25. The van der Waals surface area contributed by atoms with Gasteiger partial charge in [0.25, 0.3) is 0 Å². The van der Waals surface area contributed by atoms with E-state index in [0.717, 1.165) is 13.0 Å². The summed E-state index contributed by atoms with van der Waals surface area (Å²) in [6.07, 6.45) is 1.47. The molecule has 3 N–H and O–H groups in total. The predicted octanol–water partition coefficient (Wildman–Crippen LogP) is 0.761. The monoisotopic (exact) mass is 286 g/mol. The molecule has 0 bridgehead atoms. The lowest BCUT2D eigenvalue weighted by molar-refractivity contribution is -0.138. The molecule has 1 aliphatic heterocycles. The summed E-state index contributed by atoms with van der Waals surface area (Å²) in [7, 11) is 0. The van der Waals surface area contributed by atoms with Gasteiger partial charge in [-0.2, -0.15) is 0 Å². The second-order valence-corrected chi connectivity index (χ2v) is 5.97. The first-order valence-electron chi connectivity index (χ1n) is 7.20. The third kappa shape index (κ3) is 5.46. The summed E-state index contributed by atoms with van der Waals surface area (Å²) in [6, 6.07) is 0.0465. The smallest absolute Gasteiger partial charge is 0.303 e. The van der Waals surface area contributed by atoms with Crippen LogP contribution in [-0.2, 0) is 14.3 Å². The number of carboxylic acids is 1. The van der Waals surface area contributed by atoms with Gasteiger partial charge in [-0.05, 0) is 33.2 Å². The molecule has 2 unspecified atom stereocenters. The maximum atomic E-state index is 12.3. The van der Waals surface area contributed by atoms with Crippen LogP contribution in [0.2, 0.25) is 0 Å². The van der Waals surface area contributed by atoms with Gasteiger partial charge in [-0.25, -0.2) is 0 Å². The Morgan fingerprint density at radius 3 is 2.65 bits per heavy atom. The molecule has 0 saturated carbocycles. The van der Waals surface area contributed by atoms with Gasteiger partial charge in [-0.1, -0.05) is 6.92 Å². The van der Waals surface area contributed by atoms with Gasteiger partial charge in [0.1, 0.15) is 0 Å². The maximum absolute atomic E-state index is 12.3. The minimum absolute atomic E-state index is 0.0465. The Bertz CT molecular complexity index is 344. The molecule has 1 saturated heterocycles. The standard InChI is InChI=1S/C14H26N2O4/c1-4-7-15-11-9-20-8-10(11)13(19)16-14(2,3)6-5-12(17)18/h10-11,15H,4-9H2,1-3H3,(H,16,19)(H,17,18). The summed E-state index contributed by atoms with van der Waals surface area (Å²) in [5.41, 5.74) is -0.520. The first-order valence-corrected chi connectivity index (χ1v) is 7.20. The molecule has 6 heteroatoms. The molecule has 1 heterocycles. The minimum atomic E-state index is -0.848. The molecule has 0 aromatic rings. The van der Waals surface area contributed by atoms with Crippen LogP contribution in [0.5, 0.6) is 0 Å². The highest BCUT2D eigenvalue weighted by Gasteiger charge is 2.35. The lowest BCUT2D eigenvalue weighted by atomic mass is 9.95. The largest absolute Gasteiger partial charge is 0.481 e. The topological polar surface area (TPSA) is 87.7 Å². The highest BCUT2D eigenvalue weighted by atomic mass is 16.5. The van der Waals surface area contributed by atoms with Crippen molar-refractivity contribution in [2.24, 2.45) is 5.92 Å². The molecular weight excluding hydrogens is 260 g/mol. The second-order valence-electron chi connectivity index (χ2n) is 5.97. The molecule has 0 aromatic heterocycles. The van der Waals surface area contributed by atoms with Crippen molar-refractivity contribution >= 4 is 11.9 Å². The number of nitrogens with one attached hydrogen (secondary N) is 2. The van der Waals surface area contributed by atoms with Crippen molar-refractivity contribution in [2.45, 2.75) is 51.6 Å². The molecule has 116 valence electrons. The molecule has 1 aliphatic rings. The number of hydrogen-bond donors (Lipinski definition) is 3. The number of hydrogen-bond acceptors (Lipinski definition) is 4. The summed E-state index contributed by atoms with van der Waals surface area (Å²) < 4.78 is 5.38. The van der Waals surface area contributed by atoms with Crippen molar-refractivity contribution in [1.82, 2.24) is 10.6 Å². The van der Waals surface area contributed by atoms with Crippen LogP contribution in [0, 0.1) is 5.92 Å². The summed E-state index contributed by atoms with van der Waals surface area (Å²) in [5.74, 6) is -1.11. The molecule has 0 aliphatic carbocycles. The highest BCUT2D eigenvalue weighted by Crippen LogP contribution is 2.17. The molecule has 1 amide bonds. The van der Waals surface area contributed by atoms with E-state index in [1.807, 2.05) is 13.8 Å². The van der Waals surface area contributed by atoms with E-state index in [2.05, 4.69) is 17.6 Å². The van der Waals surface area contributed by atoms with Crippen LogP contribution in [0.4, 0.5) is 0 Å². The Morgan fingerprint density at radius 1 is 1.35 bits per heavy atom. The quantitative estimate of drug-likeness (QED) is 0.613. The Labute approximate surface area is 120 Å². The van der Waals surface area contributed by atoms with Gasteiger partial charge >= 0.3 is 5.97 Å². The van der Waals surface area contributed by atoms with Crippen molar-refractivity contribution in [3.8, 4) is 0 Å². The lowest BCUT2D eigenvalue weighted by Gasteiger charge is -2.28. The normalized spacial score (nSPS) is 22.8. The van der Waals surface area contributed by atoms with Crippen LogP contribution in [0.25, 0.3) is 0 Å². The number of rotatable bonds is 8. The Morgan fingerprint density at radius 2 is 2.05 bits per heavy atom. The molecular formula is C14H26N2O4. The fourth-order valence-electron chi connectivity index (χ4n) is 2.25. The Balaban J connectivity index is 2.49. The zero-order valence-electron chi connectivity index (χ0n) is 12.6. The van der Waals surface area contributed by atoms with E-state index in [9.17, 15) is 9.59 Å². The molecule has 2 atom stereocenters. The van der Waals surface area contributed by atoms with Gasteiger partial charge in [0.15, 0.2) is 0 Å². The van der Waals surface area contributed by atoms with Crippen molar-refractivity contribution in [3.63, 3.8) is 0 Å². The molecule has 0 radical (unpaired) electrons. The van der Waals surface area contributed by atoms with E-state index in [-0.39, 0.29) is 24.3 Å². The summed E-state index contributed by atoms with van der Waals surface area (Å²) in [5, 5.41) is 15.0. The number of carboxylic acid groups (broad SMARTS) is 1. The molecule has 0 aromatic carbocycles. The Hall–Kier alpha value is -1.14. The van der Waals surface area contributed by atoms with Crippen molar-refractivity contribution in [1.29, 1.82) is 0 Å². The molecule has 6 nitrogen and oxygen atoms in total. The van der Waals surface area contributed by atoms with Gasteiger partial charge in [0, 0.05) is 18.0 Å². The van der Waals surface area contributed by atoms with Crippen molar-refractivity contribution in [2.75, 3.05) is 19.8 Å². The average molecular weight is 286 g/mol. The average Bonchev–Trinajstić information content (AvgIpc) is 2.82. The number of amides is 1. The highest BCUT2D eigenvalue weighted by molar-refractivity contribution is 5.80. The third-order valence-electron chi connectivity index (χ3n) is 3.50. The van der Waals surface area contributed by atoms with Crippen molar-refractivity contribution < 1.29 is 19.4 Å². The number of carbonyl (C=O) groups is 2. The molecule has 20 heavy (non-hydrogen) atoms. The first kappa shape index (κ1) is 16.9. The zero-order chi connectivity index (χ0) is 15.2. The summed E-state index contributed by atoms with van der Waals surface area (Å²) >= 11 is 0. The third-order valence-corrected chi connectivity index (χ3v) is 3.50. The van der Waals surface area contributed by atoms with E-state index < -0.39 is 11.5 Å². The summed E-state index contributed by atoms with van der Waals surface area (Å²) in [6.45, 7) is 7.60. The van der Waals surface area contributed by atoms with Crippen molar-refractivity contribution in [3.05, 3.63) is 0 Å². The lowest BCUT2D eigenvalue weighted by Crippen LogP contribution is -2.51. The first-order chi connectivity index (χ1) is 9.35. The van der Waals surface area contributed by atoms with Gasteiger partial charge in [0.2, 0.25) is 5.91 Å². The maximum Gasteiger partial charge on any atom is 0.303 e. The number of ether oxygens (including phenoxy) is 1. The number of carbonyl (C=O) groups excluding carboxylic acids is 1. The van der Waals surface area contributed by atoms with Crippen LogP contribution in [-0.4, -0.2) is 48.3 Å². The van der Waals surface area contributed by atoms with Gasteiger partial charge in [-0.3, -0.25) is 9.59 Å². The predicted molar refractivity (Wildman–Crippen MR) is 75.5 cm³/mol. The molecule has 1 rings (SSSR count). The summed E-state index contributed by atoms with van der Waals surface area (Å²) in [4.78, 5) is 22.9. The van der Waals surface area contributed by atoms with Crippen LogP contribution >= 0.6 is 0 Å². The second kappa shape index (κ2) is 7.59. The van der Waals surface area contributed by atoms with Crippen LogP contribution < -0.4 is 10.6 Å². The van der Waals surface area contributed by atoms with E-state index >= 15 is 0 Å². The molecule has 1 fully saturated rings. The fraction of sp³-hybridized carbons (Fsp3) is 0.857. The zero-order valence-corrected chi connectivity index (χ0v) is 12.6. The SMILES string of the molecule is CCCNC1COCC1C(=O)NC(C)(C)CCC(=O)O. The van der Waals surface area contributed by atoms with Crippen LogP contribution in [0.1, 0.15) is 40.0 Å². The van der Waals surface area contributed by atoms with Gasteiger partial charge in [0.05, 0.1) is 19.1 Å². The van der Waals surface area contributed by atoms with Gasteiger partial charge < -0.3 is 20.5 Å². The van der Waals surface area contributed by atoms with Crippen LogP contribution in [0.3, 0.4) is 0 Å². The Kier molecular flexibility index (Phi) is 6.42. The van der Waals surface area contributed by atoms with Gasteiger partial charge in [-0.15, -0.1) is 0 Å². The minimum Gasteiger partial charge on any atom is -0.481 e. The molecule has 0 spiro atoms. The van der Waals surface area contributed by atoms with Crippen LogP contribution in [0.15, 0.2) is 0 Å². The van der Waals surface area contributed by atoms with E-state index in [1.54, 1.807) is 0 Å².